The van der Waals surface area contributed by atoms with Crippen molar-refractivity contribution < 1.29 is 13.2 Å². The first-order valence-corrected chi connectivity index (χ1v) is 9.10. The van der Waals surface area contributed by atoms with Crippen molar-refractivity contribution >= 4 is 15.8 Å². The number of hydrogen-bond donors (Lipinski definition) is 1. The first-order chi connectivity index (χ1) is 10.9. The molecule has 0 saturated carbocycles. The predicted octanol–water partition coefficient (Wildman–Crippen LogP) is 3.68. The van der Waals surface area contributed by atoms with Crippen LogP contribution in [0, 0.1) is 13.8 Å². The van der Waals surface area contributed by atoms with E-state index >= 15 is 0 Å². The number of nitrogens with zero attached hydrogens (tertiary/aromatic N) is 1. The summed E-state index contributed by atoms with van der Waals surface area (Å²) in [4.78, 5) is 4.38. The summed E-state index contributed by atoms with van der Waals surface area (Å²) in [5.41, 5.74) is 1.72. The smallest absolute Gasteiger partial charge is 0.263 e. The van der Waals surface area contributed by atoms with Crippen molar-refractivity contribution in [2.75, 3.05) is 11.3 Å². The summed E-state index contributed by atoms with van der Waals surface area (Å²) in [6, 6.07) is 9.99. The molecule has 2 rings (SSSR count). The predicted molar refractivity (Wildman–Crippen MR) is 91.4 cm³/mol. The van der Waals surface area contributed by atoms with Crippen molar-refractivity contribution in [3.63, 3.8) is 0 Å². The molecular weight excluding hydrogens is 312 g/mol. The number of anilines is 1. The molecule has 1 N–H and O–H groups in total. The van der Waals surface area contributed by atoms with E-state index < -0.39 is 10.0 Å². The molecule has 2 aromatic rings. The van der Waals surface area contributed by atoms with E-state index in [2.05, 4.69) is 16.6 Å². The van der Waals surface area contributed by atoms with E-state index in [0.29, 0.717) is 18.2 Å². The lowest BCUT2D eigenvalue weighted by molar-refractivity contribution is 0.309. The summed E-state index contributed by atoms with van der Waals surface area (Å²) >= 11 is 0. The van der Waals surface area contributed by atoms with E-state index in [1.165, 1.54) is 12.1 Å². The summed E-state index contributed by atoms with van der Waals surface area (Å²) in [7, 11) is -3.66. The van der Waals surface area contributed by atoms with E-state index in [4.69, 9.17) is 4.74 Å². The second kappa shape index (κ2) is 7.46. The minimum Gasteiger partial charge on any atom is -0.494 e. The van der Waals surface area contributed by atoms with Crippen LogP contribution in [0.4, 0.5) is 5.82 Å². The molecule has 0 saturated heterocycles. The highest BCUT2D eigenvalue weighted by Crippen LogP contribution is 2.19. The third kappa shape index (κ3) is 4.96. The zero-order valence-corrected chi connectivity index (χ0v) is 14.5. The van der Waals surface area contributed by atoms with Crippen molar-refractivity contribution in [1.29, 1.82) is 0 Å². The second-order valence-electron chi connectivity index (χ2n) is 5.45. The maximum absolute atomic E-state index is 12.4. The molecule has 23 heavy (non-hydrogen) atoms. The molecule has 0 aliphatic heterocycles. The van der Waals surface area contributed by atoms with Crippen molar-refractivity contribution in [2.45, 2.75) is 38.5 Å². The third-order valence-corrected chi connectivity index (χ3v) is 4.61. The Bertz CT molecular complexity index is 736. The van der Waals surface area contributed by atoms with Gasteiger partial charge in [-0.1, -0.05) is 13.3 Å². The standard InChI is InChI=1S/C17H22N2O3S/c1-4-5-10-22-15-6-8-16(9-7-15)23(20,21)19-17-12-13(2)11-14(3)18-17/h6-9,11-12H,4-5,10H2,1-3H3,(H,18,19). The number of pyridine rings is 1. The number of aryl methyl sites for hydroxylation is 2. The number of nitrogens with one attached hydrogen (secondary N) is 1. The van der Waals surface area contributed by atoms with Gasteiger partial charge in [0.25, 0.3) is 10.0 Å². The molecule has 6 heteroatoms. The molecule has 0 aliphatic rings. The van der Waals surface area contributed by atoms with Crippen LogP contribution < -0.4 is 9.46 Å². The quantitative estimate of drug-likeness (QED) is 0.784. The number of sulfonamides is 1. The molecule has 0 radical (unpaired) electrons. The van der Waals surface area contributed by atoms with Gasteiger partial charge in [-0.2, -0.15) is 0 Å². The summed E-state index contributed by atoms with van der Waals surface area (Å²) in [5.74, 6) is 0.993. The van der Waals surface area contributed by atoms with Crippen LogP contribution in [0.25, 0.3) is 0 Å². The summed E-state index contributed by atoms with van der Waals surface area (Å²) in [5, 5.41) is 0. The maximum Gasteiger partial charge on any atom is 0.263 e. The zero-order chi connectivity index (χ0) is 16.9. The number of ether oxygens (including phenoxy) is 1. The van der Waals surface area contributed by atoms with E-state index in [-0.39, 0.29) is 4.90 Å². The summed E-state index contributed by atoms with van der Waals surface area (Å²) in [6.45, 7) is 6.45. The van der Waals surface area contributed by atoms with Gasteiger partial charge in [0, 0.05) is 5.69 Å². The molecule has 0 aliphatic carbocycles. The molecular formula is C17H22N2O3S. The third-order valence-electron chi connectivity index (χ3n) is 3.24. The van der Waals surface area contributed by atoms with Gasteiger partial charge in [0.2, 0.25) is 0 Å². The minimum atomic E-state index is -3.66. The highest BCUT2D eigenvalue weighted by Gasteiger charge is 2.15. The van der Waals surface area contributed by atoms with Gasteiger partial charge in [-0.05, 0) is 62.2 Å². The fourth-order valence-corrected chi connectivity index (χ4v) is 3.13. The molecule has 5 nitrogen and oxygen atoms in total. The van der Waals surface area contributed by atoms with Crippen molar-refractivity contribution in [1.82, 2.24) is 4.98 Å². The first-order valence-electron chi connectivity index (χ1n) is 7.61. The Kier molecular flexibility index (Phi) is 5.60. The topological polar surface area (TPSA) is 68.3 Å². The van der Waals surface area contributed by atoms with Crippen molar-refractivity contribution in [3.8, 4) is 5.75 Å². The van der Waals surface area contributed by atoms with E-state index in [1.807, 2.05) is 19.9 Å². The number of aromatic nitrogens is 1. The Labute approximate surface area is 137 Å². The summed E-state index contributed by atoms with van der Waals surface area (Å²) in [6.07, 6.45) is 2.03. The number of rotatable bonds is 7. The Morgan fingerprint density at radius 2 is 1.83 bits per heavy atom. The highest BCUT2D eigenvalue weighted by molar-refractivity contribution is 7.92. The van der Waals surface area contributed by atoms with Crippen LogP contribution in [0.5, 0.6) is 5.75 Å². The fraction of sp³-hybridized carbons (Fsp3) is 0.353. The monoisotopic (exact) mass is 334 g/mol. The fourth-order valence-electron chi connectivity index (χ4n) is 2.14. The van der Waals surface area contributed by atoms with Crippen LogP contribution in [-0.2, 0) is 10.0 Å². The van der Waals surface area contributed by atoms with Gasteiger partial charge in [0.05, 0.1) is 11.5 Å². The van der Waals surface area contributed by atoms with Crippen LogP contribution in [0.1, 0.15) is 31.0 Å². The molecule has 0 fully saturated rings. The average molecular weight is 334 g/mol. The van der Waals surface area contributed by atoms with Gasteiger partial charge in [-0.15, -0.1) is 0 Å². The van der Waals surface area contributed by atoms with Gasteiger partial charge < -0.3 is 4.74 Å². The van der Waals surface area contributed by atoms with Crippen LogP contribution in [-0.4, -0.2) is 20.0 Å². The molecule has 0 atom stereocenters. The van der Waals surface area contributed by atoms with E-state index in [0.717, 1.165) is 24.1 Å². The Balaban J connectivity index is 2.12. The van der Waals surface area contributed by atoms with Crippen LogP contribution in [0.2, 0.25) is 0 Å². The highest BCUT2D eigenvalue weighted by atomic mass is 32.2. The first kappa shape index (κ1) is 17.3. The molecule has 0 amide bonds. The number of benzene rings is 1. The maximum atomic E-state index is 12.4. The van der Waals surface area contributed by atoms with Crippen molar-refractivity contribution in [2.24, 2.45) is 0 Å². The number of hydrogen-bond acceptors (Lipinski definition) is 4. The zero-order valence-electron chi connectivity index (χ0n) is 13.7. The molecule has 1 aromatic heterocycles. The van der Waals surface area contributed by atoms with Gasteiger partial charge in [-0.3, -0.25) is 4.72 Å². The van der Waals surface area contributed by atoms with Gasteiger partial charge in [0.15, 0.2) is 0 Å². The van der Waals surface area contributed by atoms with Gasteiger partial charge >= 0.3 is 0 Å². The molecule has 0 unspecified atom stereocenters. The van der Waals surface area contributed by atoms with Gasteiger partial charge in [0.1, 0.15) is 11.6 Å². The Hall–Kier alpha value is -2.08. The Morgan fingerprint density at radius 3 is 2.43 bits per heavy atom. The Morgan fingerprint density at radius 1 is 1.13 bits per heavy atom. The minimum absolute atomic E-state index is 0.182. The molecule has 124 valence electrons. The van der Waals surface area contributed by atoms with Crippen molar-refractivity contribution in [3.05, 3.63) is 47.7 Å². The molecule has 0 spiro atoms. The van der Waals surface area contributed by atoms with E-state index in [1.54, 1.807) is 18.2 Å². The van der Waals surface area contributed by atoms with Crippen LogP contribution in [0.3, 0.4) is 0 Å². The van der Waals surface area contributed by atoms with Gasteiger partial charge in [-0.25, -0.2) is 13.4 Å². The average Bonchev–Trinajstić information content (AvgIpc) is 2.46. The van der Waals surface area contributed by atoms with E-state index in [9.17, 15) is 8.42 Å². The molecule has 1 aromatic carbocycles. The normalized spacial score (nSPS) is 11.3. The largest absolute Gasteiger partial charge is 0.494 e. The SMILES string of the molecule is CCCCOc1ccc(S(=O)(=O)Nc2cc(C)cc(C)n2)cc1. The molecule has 0 bridgehead atoms. The number of unbranched alkanes of at least 4 members (excludes halogenated alkanes) is 1. The van der Waals surface area contributed by atoms with Crippen LogP contribution in [0.15, 0.2) is 41.3 Å². The lowest BCUT2D eigenvalue weighted by atomic mass is 10.2. The lowest BCUT2D eigenvalue weighted by Crippen LogP contribution is -2.14. The second-order valence-corrected chi connectivity index (χ2v) is 7.13. The molecule has 1 heterocycles. The van der Waals surface area contributed by atoms with Crippen LogP contribution >= 0.6 is 0 Å². The lowest BCUT2D eigenvalue weighted by Gasteiger charge is -2.10. The summed E-state index contributed by atoms with van der Waals surface area (Å²) < 4.78 is 32.9.